The molecule has 82 valence electrons. The summed E-state index contributed by atoms with van der Waals surface area (Å²) >= 11 is 0. The molecule has 0 radical (unpaired) electrons. The van der Waals surface area contributed by atoms with Crippen LogP contribution in [0.25, 0.3) is 11.0 Å². The zero-order valence-corrected chi connectivity index (χ0v) is 10.1. The summed E-state index contributed by atoms with van der Waals surface area (Å²) in [6.45, 7) is 8.45. The van der Waals surface area contributed by atoms with Gasteiger partial charge in [-0.1, -0.05) is 39.8 Å². The summed E-state index contributed by atoms with van der Waals surface area (Å²) in [5, 5.41) is 1.19. The van der Waals surface area contributed by atoms with Crippen LogP contribution in [-0.2, 0) is 0 Å². The number of fused-ring (bicyclic) bond motifs is 1. The first kappa shape index (κ1) is 11.8. The Morgan fingerprint density at radius 3 is 2.60 bits per heavy atom. The lowest BCUT2D eigenvalue weighted by molar-refractivity contribution is 0.614. The van der Waals surface area contributed by atoms with Gasteiger partial charge in [0, 0.05) is 5.39 Å². The summed E-state index contributed by atoms with van der Waals surface area (Å²) < 4.78 is 5.35. The molecule has 1 heteroatoms. The van der Waals surface area contributed by atoms with Crippen molar-refractivity contribution in [3.8, 4) is 0 Å². The molecule has 1 atom stereocenters. The second kappa shape index (κ2) is 5.59. The molecule has 0 aliphatic carbocycles. The molecule has 2 rings (SSSR count). The van der Waals surface area contributed by atoms with Crippen LogP contribution in [0.5, 0.6) is 0 Å². The SMILES string of the molecule is CC.CCC(C)c1ccc2ccoc2c1. The van der Waals surface area contributed by atoms with Crippen LogP contribution in [-0.4, -0.2) is 0 Å². The molecule has 0 bridgehead atoms. The second-order valence-corrected chi connectivity index (χ2v) is 3.53. The van der Waals surface area contributed by atoms with Crippen LogP contribution < -0.4 is 0 Å². The first-order valence-electron chi connectivity index (χ1n) is 5.78. The van der Waals surface area contributed by atoms with Crippen LogP contribution in [0.3, 0.4) is 0 Å². The van der Waals surface area contributed by atoms with Gasteiger partial charge in [0.2, 0.25) is 0 Å². The van der Waals surface area contributed by atoms with Gasteiger partial charge in [-0.25, -0.2) is 0 Å². The van der Waals surface area contributed by atoms with E-state index in [4.69, 9.17) is 4.42 Å². The van der Waals surface area contributed by atoms with E-state index < -0.39 is 0 Å². The van der Waals surface area contributed by atoms with Crippen LogP contribution in [0.15, 0.2) is 34.9 Å². The van der Waals surface area contributed by atoms with Crippen LogP contribution >= 0.6 is 0 Å². The summed E-state index contributed by atoms with van der Waals surface area (Å²) in [7, 11) is 0. The smallest absolute Gasteiger partial charge is 0.134 e. The monoisotopic (exact) mass is 204 g/mol. The van der Waals surface area contributed by atoms with Crippen molar-refractivity contribution in [1.82, 2.24) is 0 Å². The largest absolute Gasteiger partial charge is 0.464 e. The normalized spacial score (nSPS) is 12.0. The highest BCUT2D eigenvalue weighted by atomic mass is 16.3. The van der Waals surface area contributed by atoms with E-state index in [0.29, 0.717) is 5.92 Å². The van der Waals surface area contributed by atoms with Gasteiger partial charge < -0.3 is 4.42 Å². The highest BCUT2D eigenvalue weighted by Crippen LogP contribution is 2.23. The van der Waals surface area contributed by atoms with Gasteiger partial charge in [-0.2, -0.15) is 0 Å². The summed E-state index contributed by atoms with van der Waals surface area (Å²) in [5.41, 5.74) is 2.36. The first-order chi connectivity index (χ1) is 7.31. The van der Waals surface area contributed by atoms with Crippen LogP contribution in [0.1, 0.15) is 45.6 Å². The van der Waals surface area contributed by atoms with E-state index in [0.717, 1.165) is 5.58 Å². The molecular formula is C14H20O. The third-order valence-corrected chi connectivity index (χ3v) is 2.66. The lowest BCUT2D eigenvalue weighted by Gasteiger charge is -2.07. The van der Waals surface area contributed by atoms with Gasteiger partial charge in [-0.3, -0.25) is 0 Å². The molecule has 0 aliphatic heterocycles. The molecular weight excluding hydrogens is 184 g/mol. The van der Waals surface area contributed by atoms with Crippen molar-refractivity contribution < 1.29 is 4.42 Å². The van der Waals surface area contributed by atoms with Crippen molar-refractivity contribution in [2.45, 2.75) is 40.0 Å². The van der Waals surface area contributed by atoms with Crippen molar-refractivity contribution in [2.75, 3.05) is 0 Å². The second-order valence-electron chi connectivity index (χ2n) is 3.53. The molecule has 1 aromatic carbocycles. The van der Waals surface area contributed by atoms with Gasteiger partial charge in [0.05, 0.1) is 6.26 Å². The summed E-state index contributed by atoms with van der Waals surface area (Å²) in [6.07, 6.45) is 2.91. The van der Waals surface area contributed by atoms with E-state index in [1.54, 1.807) is 6.26 Å². The first-order valence-corrected chi connectivity index (χ1v) is 5.78. The predicted octanol–water partition coefficient (Wildman–Crippen LogP) is 4.97. The Morgan fingerprint density at radius 2 is 1.93 bits per heavy atom. The third-order valence-electron chi connectivity index (χ3n) is 2.66. The van der Waals surface area contributed by atoms with Crippen LogP contribution in [0.2, 0.25) is 0 Å². The molecule has 1 heterocycles. The Balaban J connectivity index is 0.000000531. The third kappa shape index (κ3) is 2.62. The number of benzene rings is 1. The molecule has 0 saturated heterocycles. The maximum absolute atomic E-state index is 5.35. The summed E-state index contributed by atoms with van der Waals surface area (Å²) in [4.78, 5) is 0. The molecule has 1 nitrogen and oxygen atoms in total. The number of rotatable bonds is 2. The minimum Gasteiger partial charge on any atom is -0.464 e. The van der Waals surface area contributed by atoms with E-state index in [9.17, 15) is 0 Å². The Morgan fingerprint density at radius 1 is 1.20 bits per heavy atom. The van der Waals surface area contributed by atoms with Crippen molar-refractivity contribution >= 4 is 11.0 Å². The van der Waals surface area contributed by atoms with Crippen LogP contribution in [0.4, 0.5) is 0 Å². The number of furan rings is 1. The summed E-state index contributed by atoms with van der Waals surface area (Å²) in [5.74, 6) is 0.620. The highest BCUT2D eigenvalue weighted by molar-refractivity contribution is 5.77. The van der Waals surface area contributed by atoms with Gasteiger partial charge in [-0.15, -0.1) is 0 Å². The predicted molar refractivity (Wildman–Crippen MR) is 66.3 cm³/mol. The maximum atomic E-state index is 5.35. The van der Waals surface area contributed by atoms with Crippen molar-refractivity contribution in [3.63, 3.8) is 0 Å². The molecule has 0 N–H and O–H groups in total. The van der Waals surface area contributed by atoms with Gasteiger partial charge in [0.1, 0.15) is 5.58 Å². The van der Waals surface area contributed by atoms with Gasteiger partial charge in [-0.05, 0) is 30.0 Å². The average molecular weight is 204 g/mol. The molecule has 0 aliphatic rings. The molecule has 15 heavy (non-hydrogen) atoms. The topological polar surface area (TPSA) is 13.1 Å². The van der Waals surface area contributed by atoms with E-state index in [1.165, 1.54) is 17.4 Å². The van der Waals surface area contributed by atoms with Gasteiger partial charge >= 0.3 is 0 Å². The minimum atomic E-state index is 0.620. The standard InChI is InChI=1S/C12H14O.C2H6/c1-3-9(2)11-5-4-10-6-7-13-12(10)8-11;1-2/h4-9H,3H2,1-2H3;1-2H3. The fourth-order valence-electron chi connectivity index (χ4n) is 1.51. The van der Waals surface area contributed by atoms with E-state index in [1.807, 2.05) is 19.9 Å². The van der Waals surface area contributed by atoms with Gasteiger partial charge in [0.15, 0.2) is 0 Å². The lowest BCUT2D eigenvalue weighted by Crippen LogP contribution is -1.89. The summed E-state index contributed by atoms with van der Waals surface area (Å²) in [6, 6.07) is 8.45. The Labute approximate surface area is 92.1 Å². The molecule has 0 amide bonds. The lowest BCUT2D eigenvalue weighted by atomic mass is 9.98. The van der Waals surface area contributed by atoms with Crippen molar-refractivity contribution in [2.24, 2.45) is 0 Å². The number of hydrogen-bond donors (Lipinski definition) is 0. The van der Waals surface area contributed by atoms with E-state index >= 15 is 0 Å². The zero-order chi connectivity index (χ0) is 11.3. The van der Waals surface area contributed by atoms with E-state index in [-0.39, 0.29) is 0 Å². The molecule has 1 unspecified atom stereocenters. The van der Waals surface area contributed by atoms with Crippen molar-refractivity contribution in [1.29, 1.82) is 0 Å². The highest BCUT2D eigenvalue weighted by Gasteiger charge is 2.04. The molecule has 0 spiro atoms. The minimum absolute atomic E-state index is 0.620. The van der Waals surface area contributed by atoms with Gasteiger partial charge in [0.25, 0.3) is 0 Å². The van der Waals surface area contributed by atoms with E-state index in [2.05, 4.69) is 32.0 Å². The van der Waals surface area contributed by atoms with Crippen molar-refractivity contribution in [3.05, 3.63) is 36.1 Å². The maximum Gasteiger partial charge on any atom is 0.134 e. The Kier molecular flexibility index (Phi) is 4.41. The fourth-order valence-corrected chi connectivity index (χ4v) is 1.51. The molecule has 1 aromatic heterocycles. The number of hydrogen-bond acceptors (Lipinski definition) is 1. The zero-order valence-electron chi connectivity index (χ0n) is 10.1. The van der Waals surface area contributed by atoms with Crippen LogP contribution in [0, 0.1) is 0 Å². The Hall–Kier alpha value is -1.24. The quantitative estimate of drug-likeness (QED) is 0.673. The molecule has 2 aromatic rings. The Bertz CT molecular complexity index is 400. The fraction of sp³-hybridized carbons (Fsp3) is 0.429. The molecule has 0 fully saturated rings. The average Bonchev–Trinajstić information content (AvgIpc) is 2.77. The molecule has 0 saturated carbocycles.